The number of carbonyl (C=O) groups excluding carboxylic acids is 1. The van der Waals surface area contributed by atoms with Crippen LogP contribution in [0.4, 0.5) is 10.1 Å². The van der Waals surface area contributed by atoms with Gasteiger partial charge in [0.15, 0.2) is 0 Å². The highest BCUT2D eigenvalue weighted by atomic mass is 127. The van der Waals surface area contributed by atoms with Gasteiger partial charge in [0.05, 0.1) is 3.57 Å². The summed E-state index contributed by atoms with van der Waals surface area (Å²) in [5.74, 6) is -0.271. The predicted molar refractivity (Wildman–Crippen MR) is 128 cm³/mol. The summed E-state index contributed by atoms with van der Waals surface area (Å²) in [5, 5.41) is 12.6. The van der Waals surface area contributed by atoms with E-state index in [0.29, 0.717) is 27.6 Å². The average molecular weight is 547 g/mol. The van der Waals surface area contributed by atoms with Gasteiger partial charge in [0.2, 0.25) is 0 Å². The molecule has 0 heterocycles. The second-order valence-corrected chi connectivity index (χ2v) is 8.23. The van der Waals surface area contributed by atoms with Gasteiger partial charge in [-0.3, -0.25) is 4.79 Å². The van der Waals surface area contributed by atoms with E-state index in [1.807, 2.05) is 13.0 Å². The molecule has 0 aliphatic heterocycles. The molecular formula is C24H17ClFIN2O2. The monoisotopic (exact) mass is 546 g/mol. The number of nitrogens with one attached hydrogen (secondary N) is 1. The van der Waals surface area contributed by atoms with Crippen molar-refractivity contribution in [2.24, 2.45) is 0 Å². The summed E-state index contributed by atoms with van der Waals surface area (Å²) in [6, 6.07) is 18.7. The molecule has 0 atom stereocenters. The molecule has 0 bridgehead atoms. The SMILES string of the molecule is Cc1ccc(NC(=O)/C(C#N)=C\c2ccc(OCc3ccccc3F)c(I)c2)cc1Cl. The van der Waals surface area contributed by atoms with Crippen molar-refractivity contribution in [3.63, 3.8) is 0 Å². The van der Waals surface area contributed by atoms with Crippen molar-refractivity contribution in [1.82, 2.24) is 0 Å². The highest BCUT2D eigenvalue weighted by Crippen LogP contribution is 2.25. The number of nitrogens with zero attached hydrogens (tertiary/aromatic N) is 1. The first-order valence-electron chi connectivity index (χ1n) is 9.22. The number of amides is 1. The van der Waals surface area contributed by atoms with Crippen LogP contribution in [0.15, 0.2) is 66.2 Å². The maximum absolute atomic E-state index is 13.7. The number of aryl methyl sites for hydroxylation is 1. The molecule has 0 aromatic heterocycles. The third kappa shape index (κ3) is 6.06. The van der Waals surface area contributed by atoms with Gasteiger partial charge < -0.3 is 10.1 Å². The number of hydrogen-bond donors (Lipinski definition) is 1. The topological polar surface area (TPSA) is 62.1 Å². The Morgan fingerprint density at radius 1 is 1.23 bits per heavy atom. The van der Waals surface area contributed by atoms with Crippen molar-refractivity contribution in [3.8, 4) is 11.8 Å². The van der Waals surface area contributed by atoms with E-state index in [2.05, 4.69) is 27.9 Å². The first kappa shape index (κ1) is 22.8. The molecule has 3 aromatic carbocycles. The van der Waals surface area contributed by atoms with Crippen molar-refractivity contribution in [2.75, 3.05) is 5.32 Å². The Labute approximate surface area is 198 Å². The van der Waals surface area contributed by atoms with E-state index in [-0.39, 0.29) is 18.0 Å². The zero-order valence-corrected chi connectivity index (χ0v) is 19.4. The van der Waals surface area contributed by atoms with E-state index in [4.69, 9.17) is 16.3 Å². The summed E-state index contributed by atoms with van der Waals surface area (Å²) in [6.45, 7) is 1.96. The smallest absolute Gasteiger partial charge is 0.266 e. The minimum atomic E-state index is -0.530. The summed E-state index contributed by atoms with van der Waals surface area (Å²) < 4.78 is 20.2. The summed E-state index contributed by atoms with van der Waals surface area (Å²) in [4.78, 5) is 12.5. The van der Waals surface area contributed by atoms with Gasteiger partial charge in [-0.2, -0.15) is 5.26 Å². The molecule has 1 N–H and O–H groups in total. The van der Waals surface area contributed by atoms with E-state index in [1.165, 1.54) is 12.1 Å². The number of nitriles is 1. The molecule has 0 aliphatic carbocycles. The first-order valence-corrected chi connectivity index (χ1v) is 10.7. The summed E-state index contributed by atoms with van der Waals surface area (Å²) in [7, 11) is 0. The largest absolute Gasteiger partial charge is 0.488 e. The van der Waals surface area contributed by atoms with Crippen molar-refractivity contribution in [1.29, 1.82) is 5.26 Å². The van der Waals surface area contributed by atoms with E-state index >= 15 is 0 Å². The molecular weight excluding hydrogens is 530 g/mol. The van der Waals surface area contributed by atoms with Crippen LogP contribution in [0.1, 0.15) is 16.7 Å². The second-order valence-electron chi connectivity index (χ2n) is 6.66. The standard InChI is InChI=1S/C24H17ClFIN2O2/c1-15-6-8-19(12-20(15)25)29-24(30)18(13-28)10-16-7-9-23(22(27)11-16)31-14-17-4-2-3-5-21(17)26/h2-12H,14H2,1H3,(H,29,30)/b18-10-. The van der Waals surface area contributed by atoms with Crippen molar-refractivity contribution < 1.29 is 13.9 Å². The van der Waals surface area contributed by atoms with Gasteiger partial charge in [-0.25, -0.2) is 4.39 Å². The minimum absolute atomic E-state index is 0.0486. The third-order valence-corrected chi connectivity index (χ3v) is 5.65. The van der Waals surface area contributed by atoms with E-state index < -0.39 is 5.91 Å². The zero-order valence-electron chi connectivity index (χ0n) is 16.5. The molecule has 3 aromatic rings. The van der Waals surface area contributed by atoms with Crippen LogP contribution >= 0.6 is 34.2 Å². The fourth-order valence-electron chi connectivity index (χ4n) is 2.68. The highest BCUT2D eigenvalue weighted by molar-refractivity contribution is 14.1. The fraction of sp³-hybridized carbons (Fsp3) is 0.0833. The average Bonchev–Trinajstić information content (AvgIpc) is 2.75. The van der Waals surface area contributed by atoms with Crippen molar-refractivity contribution >= 4 is 51.9 Å². The van der Waals surface area contributed by atoms with E-state index in [9.17, 15) is 14.4 Å². The molecule has 31 heavy (non-hydrogen) atoms. The lowest BCUT2D eigenvalue weighted by molar-refractivity contribution is -0.112. The molecule has 1 amide bonds. The van der Waals surface area contributed by atoms with Crippen LogP contribution in [-0.4, -0.2) is 5.91 Å². The quantitative estimate of drug-likeness (QED) is 0.218. The molecule has 0 saturated heterocycles. The Morgan fingerprint density at radius 2 is 2.00 bits per heavy atom. The summed E-state index contributed by atoms with van der Waals surface area (Å²) in [6.07, 6.45) is 1.49. The Balaban J connectivity index is 1.72. The van der Waals surface area contributed by atoms with Gasteiger partial charge in [-0.05, 0) is 77.0 Å². The Morgan fingerprint density at radius 3 is 2.68 bits per heavy atom. The van der Waals surface area contributed by atoms with Crippen LogP contribution < -0.4 is 10.1 Å². The normalized spacial score (nSPS) is 11.0. The number of rotatable bonds is 6. The molecule has 0 fully saturated rings. The van der Waals surface area contributed by atoms with Gasteiger partial charge in [0, 0.05) is 16.3 Å². The zero-order chi connectivity index (χ0) is 22.4. The first-order chi connectivity index (χ1) is 14.9. The minimum Gasteiger partial charge on any atom is -0.488 e. The molecule has 3 rings (SSSR count). The number of hydrogen-bond acceptors (Lipinski definition) is 3. The van der Waals surface area contributed by atoms with Gasteiger partial charge in [-0.15, -0.1) is 0 Å². The Bertz CT molecular complexity index is 1200. The predicted octanol–water partition coefficient (Wildman–Crippen LogP) is 6.52. The van der Waals surface area contributed by atoms with Crippen molar-refractivity contribution in [3.05, 3.63) is 97.3 Å². The van der Waals surface area contributed by atoms with Gasteiger partial charge in [0.1, 0.15) is 29.8 Å². The fourth-order valence-corrected chi connectivity index (χ4v) is 3.55. The van der Waals surface area contributed by atoms with E-state index in [0.717, 1.165) is 9.13 Å². The summed E-state index contributed by atoms with van der Waals surface area (Å²) >= 11 is 8.17. The third-order valence-electron chi connectivity index (χ3n) is 4.40. The molecule has 7 heteroatoms. The molecule has 0 unspecified atom stereocenters. The molecule has 156 valence electrons. The number of carbonyl (C=O) groups is 1. The molecule has 0 aliphatic rings. The van der Waals surface area contributed by atoms with Crippen LogP contribution in [-0.2, 0) is 11.4 Å². The van der Waals surface area contributed by atoms with Crippen LogP contribution in [0.2, 0.25) is 5.02 Å². The van der Waals surface area contributed by atoms with Gasteiger partial charge in [0.25, 0.3) is 5.91 Å². The Hall–Kier alpha value is -2.89. The number of ether oxygens (including phenoxy) is 1. The van der Waals surface area contributed by atoms with Crippen molar-refractivity contribution in [2.45, 2.75) is 13.5 Å². The number of halogens is 3. The lowest BCUT2D eigenvalue weighted by atomic mass is 10.1. The molecule has 0 radical (unpaired) electrons. The second kappa shape index (κ2) is 10.4. The van der Waals surface area contributed by atoms with Crippen LogP contribution in [0.25, 0.3) is 6.08 Å². The Kier molecular flexibility index (Phi) is 7.66. The van der Waals surface area contributed by atoms with Gasteiger partial charge >= 0.3 is 0 Å². The lowest BCUT2D eigenvalue weighted by Crippen LogP contribution is -2.13. The number of anilines is 1. The van der Waals surface area contributed by atoms with E-state index in [1.54, 1.807) is 54.6 Å². The molecule has 0 spiro atoms. The van der Waals surface area contributed by atoms with Crippen LogP contribution in [0, 0.1) is 27.6 Å². The molecule has 4 nitrogen and oxygen atoms in total. The van der Waals surface area contributed by atoms with Gasteiger partial charge in [-0.1, -0.05) is 41.9 Å². The highest BCUT2D eigenvalue weighted by Gasteiger charge is 2.11. The maximum Gasteiger partial charge on any atom is 0.266 e. The maximum atomic E-state index is 13.7. The van der Waals surface area contributed by atoms with Crippen LogP contribution in [0.5, 0.6) is 5.75 Å². The number of benzene rings is 3. The molecule has 0 saturated carbocycles. The van der Waals surface area contributed by atoms with Crippen LogP contribution in [0.3, 0.4) is 0 Å². The summed E-state index contributed by atoms with van der Waals surface area (Å²) in [5.41, 5.74) is 2.47. The lowest BCUT2D eigenvalue weighted by Gasteiger charge is -2.10.